The van der Waals surface area contributed by atoms with Gasteiger partial charge in [-0.3, -0.25) is 9.69 Å². The number of hydrogen-bond donors (Lipinski definition) is 1. The Morgan fingerprint density at radius 3 is 2.68 bits per heavy atom. The zero-order valence-electron chi connectivity index (χ0n) is 12.3. The van der Waals surface area contributed by atoms with E-state index in [-0.39, 0.29) is 6.04 Å². The molecule has 3 atom stereocenters. The van der Waals surface area contributed by atoms with E-state index in [4.69, 9.17) is 0 Å². The van der Waals surface area contributed by atoms with Crippen molar-refractivity contribution in [2.45, 2.75) is 70.1 Å². The highest BCUT2D eigenvalue weighted by molar-refractivity contribution is 5.84. The van der Waals surface area contributed by atoms with Crippen LogP contribution >= 0.6 is 0 Å². The van der Waals surface area contributed by atoms with Gasteiger partial charge in [0.2, 0.25) is 5.91 Å². The Labute approximate surface area is 116 Å². The maximum atomic E-state index is 12.5. The zero-order chi connectivity index (χ0) is 13.4. The first-order valence-corrected chi connectivity index (χ1v) is 7.97. The second kappa shape index (κ2) is 5.41. The van der Waals surface area contributed by atoms with Gasteiger partial charge in [-0.25, -0.2) is 0 Å². The predicted octanol–water partition coefficient (Wildman–Crippen LogP) is 1.21. The Kier molecular flexibility index (Phi) is 3.81. The molecular formula is C15H27N3O. The minimum absolute atomic E-state index is 0.0673. The van der Waals surface area contributed by atoms with Crippen LogP contribution in [-0.2, 0) is 4.79 Å². The molecule has 0 radical (unpaired) electrons. The number of likely N-dealkylation sites (tertiary alicyclic amines) is 1. The van der Waals surface area contributed by atoms with Gasteiger partial charge in [-0.05, 0) is 32.2 Å². The standard InChI is InChI=1S/C15H27N3O/c1-11(2)16-12-6-10-18(15(12)19)14-7-9-17-8-4-3-5-13(14)17/h11-14,16H,3-10H2,1-2H3. The van der Waals surface area contributed by atoms with Crippen LogP contribution in [0.15, 0.2) is 0 Å². The summed E-state index contributed by atoms with van der Waals surface area (Å²) in [6.07, 6.45) is 6.14. The number of nitrogens with one attached hydrogen (secondary N) is 1. The summed E-state index contributed by atoms with van der Waals surface area (Å²) in [4.78, 5) is 17.4. The third-order valence-corrected chi connectivity index (χ3v) is 5.00. The van der Waals surface area contributed by atoms with Crippen LogP contribution in [0, 0.1) is 0 Å². The number of amides is 1. The average Bonchev–Trinajstić information content (AvgIpc) is 2.94. The quantitative estimate of drug-likeness (QED) is 0.833. The molecule has 3 rings (SSSR count). The summed E-state index contributed by atoms with van der Waals surface area (Å²) >= 11 is 0. The van der Waals surface area contributed by atoms with Crippen molar-refractivity contribution >= 4 is 5.91 Å². The maximum Gasteiger partial charge on any atom is 0.240 e. The lowest BCUT2D eigenvalue weighted by Gasteiger charge is -2.36. The second-order valence-electron chi connectivity index (χ2n) is 6.65. The summed E-state index contributed by atoms with van der Waals surface area (Å²) in [7, 11) is 0. The highest BCUT2D eigenvalue weighted by Gasteiger charge is 2.44. The van der Waals surface area contributed by atoms with Crippen LogP contribution in [0.3, 0.4) is 0 Å². The third-order valence-electron chi connectivity index (χ3n) is 5.00. The van der Waals surface area contributed by atoms with Crippen molar-refractivity contribution in [1.29, 1.82) is 0 Å². The molecule has 3 fully saturated rings. The lowest BCUT2D eigenvalue weighted by Crippen LogP contribution is -2.50. The van der Waals surface area contributed by atoms with Crippen LogP contribution < -0.4 is 5.32 Å². The first kappa shape index (κ1) is 13.4. The fraction of sp³-hybridized carbons (Fsp3) is 0.933. The molecule has 4 nitrogen and oxygen atoms in total. The summed E-state index contributed by atoms with van der Waals surface area (Å²) in [6.45, 7) is 7.64. The molecular weight excluding hydrogens is 238 g/mol. The Balaban J connectivity index is 1.65. The molecule has 3 saturated heterocycles. The SMILES string of the molecule is CC(C)NC1CCN(C2CCN3CCCCC23)C1=O. The van der Waals surface area contributed by atoms with Gasteiger partial charge in [0.15, 0.2) is 0 Å². The van der Waals surface area contributed by atoms with Crippen LogP contribution in [0.1, 0.15) is 46.0 Å². The Bertz CT molecular complexity index is 344. The van der Waals surface area contributed by atoms with Crippen LogP contribution in [0.2, 0.25) is 0 Å². The number of piperidine rings is 1. The molecule has 0 bridgehead atoms. The monoisotopic (exact) mass is 265 g/mol. The summed E-state index contributed by atoms with van der Waals surface area (Å²) in [6, 6.07) is 1.60. The van der Waals surface area contributed by atoms with Gasteiger partial charge in [0.1, 0.15) is 0 Å². The molecule has 0 aromatic rings. The van der Waals surface area contributed by atoms with E-state index in [2.05, 4.69) is 29.0 Å². The van der Waals surface area contributed by atoms with E-state index in [1.54, 1.807) is 0 Å². The van der Waals surface area contributed by atoms with Crippen molar-refractivity contribution in [3.8, 4) is 0 Å². The highest BCUT2D eigenvalue weighted by Crippen LogP contribution is 2.32. The fourth-order valence-electron chi connectivity index (χ4n) is 4.17. The predicted molar refractivity (Wildman–Crippen MR) is 76.0 cm³/mol. The van der Waals surface area contributed by atoms with Crippen molar-refractivity contribution in [2.24, 2.45) is 0 Å². The molecule has 3 unspecified atom stereocenters. The van der Waals surface area contributed by atoms with Gasteiger partial charge in [0, 0.05) is 31.2 Å². The van der Waals surface area contributed by atoms with E-state index in [0.29, 0.717) is 24.0 Å². The van der Waals surface area contributed by atoms with E-state index in [0.717, 1.165) is 13.0 Å². The van der Waals surface area contributed by atoms with E-state index < -0.39 is 0 Å². The van der Waals surface area contributed by atoms with Gasteiger partial charge >= 0.3 is 0 Å². The molecule has 3 heterocycles. The summed E-state index contributed by atoms with van der Waals surface area (Å²) < 4.78 is 0. The number of carbonyl (C=O) groups is 1. The van der Waals surface area contributed by atoms with Crippen LogP contribution in [0.25, 0.3) is 0 Å². The fourth-order valence-corrected chi connectivity index (χ4v) is 4.17. The normalized spacial score (nSPS) is 36.3. The molecule has 4 heteroatoms. The second-order valence-corrected chi connectivity index (χ2v) is 6.65. The number of rotatable bonds is 3. The van der Waals surface area contributed by atoms with Crippen LogP contribution in [0.4, 0.5) is 0 Å². The first-order chi connectivity index (χ1) is 9.16. The minimum atomic E-state index is 0.0673. The molecule has 0 aliphatic carbocycles. The minimum Gasteiger partial charge on any atom is -0.337 e. The largest absolute Gasteiger partial charge is 0.337 e. The van der Waals surface area contributed by atoms with Crippen molar-refractivity contribution in [3.05, 3.63) is 0 Å². The Morgan fingerprint density at radius 1 is 1.05 bits per heavy atom. The van der Waals surface area contributed by atoms with Gasteiger partial charge in [0.05, 0.1) is 6.04 Å². The number of carbonyl (C=O) groups excluding carboxylic acids is 1. The number of fused-ring (bicyclic) bond motifs is 1. The van der Waals surface area contributed by atoms with Gasteiger partial charge in [-0.1, -0.05) is 20.3 Å². The molecule has 108 valence electrons. The molecule has 19 heavy (non-hydrogen) atoms. The lowest BCUT2D eigenvalue weighted by molar-refractivity contribution is -0.132. The van der Waals surface area contributed by atoms with E-state index >= 15 is 0 Å². The van der Waals surface area contributed by atoms with E-state index in [1.165, 1.54) is 38.8 Å². The molecule has 3 aliphatic heterocycles. The Hall–Kier alpha value is -0.610. The van der Waals surface area contributed by atoms with Crippen molar-refractivity contribution in [3.63, 3.8) is 0 Å². The molecule has 1 amide bonds. The lowest BCUT2D eigenvalue weighted by atomic mass is 9.98. The van der Waals surface area contributed by atoms with Gasteiger partial charge < -0.3 is 10.2 Å². The van der Waals surface area contributed by atoms with Crippen molar-refractivity contribution in [2.75, 3.05) is 19.6 Å². The molecule has 0 saturated carbocycles. The van der Waals surface area contributed by atoms with E-state index in [1.807, 2.05) is 0 Å². The zero-order valence-corrected chi connectivity index (χ0v) is 12.3. The topological polar surface area (TPSA) is 35.6 Å². The molecule has 1 N–H and O–H groups in total. The molecule has 0 spiro atoms. The Morgan fingerprint density at radius 2 is 1.89 bits per heavy atom. The summed E-state index contributed by atoms with van der Waals surface area (Å²) in [5, 5.41) is 3.41. The molecule has 3 aliphatic rings. The van der Waals surface area contributed by atoms with Crippen molar-refractivity contribution < 1.29 is 4.79 Å². The van der Waals surface area contributed by atoms with Crippen LogP contribution in [-0.4, -0.2) is 59.5 Å². The average molecular weight is 265 g/mol. The highest BCUT2D eigenvalue weighted by atomic mass is 16.2. The first-order valence-electron chi connectivity index (χ1n) is 7.97. The summed E-state index contributed by atoms with van der Waals surface area (Å²) in [5.41, 5.74) is 0. The number of nitrogens with zero attached hydrogens (tertiary/aromatic N) is 2. The molecule has 0 aromatic heterocycles. The number of hydrogen-bond acceptors (Lipinski definition) is 3. The van der Waals surface area contributed by atoms with E-state index in [9.17, 15) is 4.79 Å². The molecule has 0 aromatic carbocycles. The summed E-state index contributed by atoms with van der Waals surface area (Å²) in [5.74, 6) is 0.353. The third kappa shape index (κ3) is 2.52. The van der Waals surface area contributed by atoms with Gasteiger partial charge in [-0.15, -0.1) is 0 Å². The van der Waals surface area contributed by atoms with Crippen molar-refractivity contribution in [1.82, 2.24) is 15.1 Å². The van der Waals surface area contributed by atoms with Gasteiger partial charge in [-0.2, -0.15) is 0 Å². The van der Waals surface area contributed by atoms with Crippen LogP contribution in [0.5, 0.6) is 0 Å². The smallest absolute Gasteiger partial charge is 0.240 e. The maximum absolute atomic E-state index is 12.5. The van der Waals surface area contributed by atoms with Gasteiger partial charge in [0.25, 0.3) is 0 Å².